The highest BCUT2D eigenvalue weighted by molar-refractivity contribution is 14.0. The molecule has 6 heteroatoms. The van der Waals surface area contributed by atoms with E-state index in [4.69, 9.17) is 5.73 Å². The Hall–Kier alpha value is -1.57. The lowest BCUT2D eigenvalue weighted by Crippen LogP contribution is -2.22. The van der Waals surface area contributed by atoms with Crippen LogP contribution in [0.25, 0.3) is 0 Å². The van der Waals surface area contributed by atoms with Crippen LogP contribution in [0.2, 0.25) is 0 Å². The third kappa shape index (κ3) is 4.73. The van der Waals surface area contributed by atoms with Crippen LogP contribution < -0.4 is 11.1 Å². The van der Waals surface area contributed by atoms with Crippen LogP contribution in [-0.2, 0) is 13.6 Å². The fourth-order valence-corrected chi connectivity index (χ4v) is 1.98. The summed E-state index contributed by atoms with van der Waals surface area (Å²) in [7, 11) is 1.91. The molecular weight excluding hydrogens is 377 g/mol. The van der Waals surface area contributed by atoms with Crippen LogP contribution in [0.15, 0.2) is 29.3 Å². The van der Waals surface area contributed by atoms with Crippen LogP contribution in [0.4, 0.5) is 5.69 Å². The van der Waals surface area contributed by atoms with Gasteiger partial charge in [-0.05, 0) is 50.1 Å². The van der Waals surface area contributed by atoms with Gasteiger partial charge in [-0.1, -0.05) is 6.07 Å². The normalized spacial score (nSPS) is 11.1. The molecule has 114 valence electrons. The number of hydrogen-bond acceptors (Lipinski definition) is 2. The Morgan fingerprint density at radius 3 is 2.52 bits per heavy atom. The maximum absolute atomic E-state index is 5.91. The van der Waals surface area contributed by atoms with Gasteiger partial charge < -0.3 is 11.1 Å². The fraction of sp³-hybridized carbons (Fsp3) is 0.333. The molecule has 0 saturated heterocycles. The quantitative estimate of drug-likeness (QED) is 0.474. The third-order valence-corrected chi connectivity index (χ3v) is 3.29. The van der Waals surface area contributed by atoms with Gasteiger partial charge in [0.1, 0.15) is 0 Å². The van der Waals surface area contributed by atoms with Crippen LogP contribution in [0.3, 0.4) is 0 Å². The number of anilines is 1. The van der Waals surface area contributed by atoms with Crippen molar-refractivity contribution in [2.75, 3.05) is 5.32 Å². The van der Waals surface area contributed by atoms with Gasteiger partial charge in [0.2, 0.25) is 0 Å². The molecule has 0 unspecified atom stereocenters. The molecule has 2 rings (SSSR count). The monoisotopic (exact) mass is 399 g/mol. The Labute approximate surface area is 142 Å². The van der Waals surface area contributed by atoms with Crippen molar-refractivity contribution in [3.8, 4) is 0 Å². The number of nitrogens with zero attached hydrogens (tertiary/aromatic N) is 3. The van der Waals surface area contributed by atoms with Crippen LogP contribution in [-0.4, -0.2) is 15.7 Å². The number of aliphatic imine (C=N–C) groups is 1. The Morgan fingerprint density at radius 2 is 1.95 bits per heavy atom. The van der Waals surface area contributed by atoms with Gasteiger partial charge in [-0.25, -0.2) is 4.99 Å². The molecule has 1 aromatic heterocycles. The number of rotatable bonds is 3. The molecule has 2 aromatic rings. The molecule has 0 spiro atoms. The second kappa shape index (κ2) is 7.44. The van der Waals surface area contributed by atoms with E-state index in [0.717, 1.165) is 17.1 Å². The van der Waals surface area contributed by atoms with E-state index in [1.54, 1.807) is 0 Å². The first-order valence-corrected chi connectivity index (χ1v) is 6.59. The van der Waals surface area contributed by atoms with Gasteiger partial charge >= 0.3 is 0 Å². The van der Waals surface area contributed by atoms with Gasteiger partial charge in [-0.15, -0.1) is 24.0 Å². The maximum Gasteiger partial charge on any atom is 0.193 e. The third-order valence-electron chi connectivity index (χ3n) is 3.29. The smallest absolute Gasteiger partial charge is 0.193 e. The number of aromatic nitrogens is 2. The molecule has 0 aliphatic carbocycles. The Bertz CT molecular complexity index is 646. The highest BCUT2D eigenvalue weighted by Crippen LogP contribution is 2.13. The maximum atomic E-state index is 5.91. The summed E-state index contributed by atoms with van der Waals surface area (Å²) in [4.78, 5) is 4.34. The highest BCUT2D eigenvalue weighted by atomic mass is 127. The lowest BCUT2D eigenvalue weighted by Gasteiger charge is -2.08. The first-order chi connectivity index (χ1) is 9.45. The van der Waals surface area contributed by atoms with Crippen molar-refractivity contribution in [3.05, 3.63) is 46.8 Å². The number of halogens is 1. The number of benzene rings is 1. The zero-order valence-corrected chi connectivity index (χ0v) is 15.2. The molecule has 3 N–H and O–H groups in total. The van der Waals surface area contributed by atoms with Crippen molar-refractivity contribution in [2.24, 2.45) is 17.8 Å². The van der Waals surface area contributed by atoms with Crippen molar-refractivity contribution in [3.63, 3.8) is 0 Å². The van der Waals surface area contributed by atoms with Crippen molar-refractivity contribution in [2.45, 2.75) is 27.3 Å². The Balaban J connectivity index is 0.00000220. The molecule has 0 atom stereocenters. The van der Waals surface area contributed by atoms with Crippen molar-refractivity contribution in [1.82, 2.24) is 9.78 Å². The van der Waals surface area contributed by atoms with Crippen LogP contribution in [0, 0.1) is 20.8 Å². The predicted octanol–water partition coefficient (Wildman–Crippen LogP) is 2.89. The number of nitrogens with two attached hydrogens (primary N) is 1. The van der Waals surface area contributed by atoms with Crippen LogP contribution in [0.1, 0.15) is 22.5 Å². The van der Waals surface area contributed by atoms with Crippen molar-refractivity contribution in [1.29, 1.82) is 0 Å². The van der Waals surface area contributed by atoms with Gasteiger partial charge in [-0.3, -0.25) is 4.68 Å². The molecule has 0 amide bonds. The molecule has 0 aliphatic rings. The summed E-state index contributed by atoms with van der Waals surface area (Å²) in [6, 6.07) is 8.13. The second-order valence-electron chi connectivity index (χ2n) is 5.03. The average molecular weight is 399 g/mol. The predicted molar refractivity (Wildman–Crippen MR) is 98.2 cm³/mol. The van der Waals surface area contributed by atoms with Gasteiger partial charge in [0.15, 0.2) is 5.96 Å². The standard InChI is InChI=1S/C15H21N5.HI/c1-10-5-6-13(7-11(10)2)18-15(16)17-9-14-8-12(3)19-20(14)4;/h5-8H,9H2,1-4H3,(H3,16,17,18);1H. The van der Waals surface area contributed by atoms with E-state index in [1.165, 1.54) is 11.1 Å². The van der Waals surface area contributed by atoms with E-state index < -0.39 is 0 Å². The summed E-state index contributed by atoms with van der Waals surface area (Å²) in [5.41, 5.74) is 11.4. The molecule has 0 aliphatic heterocycles. The molecule has 5 nitrogen and oxygen atoms in total. The topological polar surface area (TPSA) is 68.2 Å². The van der Waals surface area contributed by atoms with E-state index in [9.17, 15) is 0 Å². The number of aryl methyl sites for hydroxylation is 4. The first-order valence-electron chi connectivity index (χ1n) is 6.59. The minimum absolute atomic E-state index is 0. The molecule has 21 heavy (non-hydrogen) atoms. The van der Waals surface area contributed by atoms with Crippen molar-refractivity contribution >= 4 is 35.6 Å². The second-order valence-corrected chi connectivity index (χ2v) is 5.03. The summed E-state index contributed by atoms with van der Waals surface area (Å²) in [6.45, 7) is 6.64. The summed E-state index contributed by atoms with van der Waals surface area (Å²) < 4.78 is 1.82. The molecular formula is C15H22IN5. The number of hydrogen-bond donors (Lipinski definition) is 2. The molecule has 0 saturated carbocycles. The first kappa shape index (κ1) is 17.5. The summed E-state index contributed by atoms with van der Waals surface area (Å²) >= 11 is 0. The van der Waals surface area contributed by atoms with E-state index >= 15 is 0 Å². The molecule has 0 radical (unpaired) electrons. The SMILES string of the molecule is Cc1cc(CN=C(N)Nc2ccc(C)c(C)c2)n(C)n1.I. The minimum atomic E-state index is 0. The number of nitrogens with one attached hydrogen (secondary N) is 1. The largest absolute Gasteiger partial charge is 0.370 e. The number of guanidine groups is 1. The molecule has 0 fully saturated rings. The van der Waals surface area contributed by atoms with Gasteiger partial charge in [0, 0.05) is 12.7 Å². The van der Waals surface area contributed by atoms with Crippen LogP contribution >= 0.6 is 24.0 Å². The zero-order chi connectivity index (χ0) is 14.7. The minimum Gasteiger partial charge on any atom is -0.370 e. The van der Waals surface area contributed by atoms with E-state index in [2.05, 4.69) is 41.4 Å². The highest BCUT2D eigenvalue weighted by Gasteiger charge is 2.02. The average Bonchev–Trinajstić information content (AvgIpc) is 2.70. The van der Waals surface area contributed by atoms with Gasteiger partial charge in [0.05, 0.1) is 17.9 Å². The summed E-state index contributed by atoms with van der Waals surface area (Å²) in [5.74, 6) is 0.409. The van der Waals surface area contributed by atoms with Crippen LogP contribution in [0.5, 0.6) is 0 Å². The molecule has 1 heterocycles. The lowest BCUT2D eigenvalue weighted by atomic mass is 10.1. The zero-order valence-electron chi connectivity index (χ0n) is 12.8. The summed E-state index contributed by atoms with van der Waals surface area (Å²) in [5, 5.41) is 7.39. The summed E-state index contributed by atoms with van der Waals surface area (Å²) in [6.07, 6.45) is 0. The van der Waals surface area contributed by atoms with Gasteiger partial charge in [-0.2, -0.15) is 5.10 Å². The molecule has 1 aromatic carbocycles. The van der Waals surface area contributed by atoms with E-state index in [0.29, 0.717) is 12.5 Å². The molecule has 0 bridgehead atoms. The lowest BCUT2D eigenvalue weighted by molar-refractivity contribution is 0.706. The Kier molecular flexibility index (Phi) is 6.19. The van der Waals surface area contributed by atoms with E-state index in [-0.39, 0.29) is 24.0 Å². The van der Waals surface area contributed by atoms with Gasteiger partial charge in [0.25, 0.3) is 0 Å². The van der Waals surface area contributed by atoms with E-state index in [1.807, 2.05) is 30.8 Å². The fourth-order valence-electron chi connectivity index (χ4n) is 1.98. The Morgan fingerprint density at radius 1 is 1.24 bits per heavy atom. The van der Waals surface area contributed by atoms with Crippen molar-refractivity contribution < 1.29 is 0 Å².